The Balaban J connectivity index is 1.75. The fourth-order valence-electron chi connectivity index (χ4n) is 4.67. The Morgan fingerprint density at radius 2 is 2.06 bits per heavy atom. The van der Waals surface area contributed by atoms with Crippen LogP contribution in [0.3, 0.4) is 0 Å². The summed E-state index contributed by atoms with van der Waals surface area (Å²) in [4.78, 5) is 21.7. The third-order valence-corrected chi connectivity index (χ3v) is 5.86. The molecule has 2 bridgehead atoms. The predicted molar refractivity (Wildman–Crippen MR) is 122 cm³/mol. The molecule has 0 saturated carbocycles. The Labute approximate surface area is 183 Å². The molecule has 0 spiro atoms. The van der Waals surface area contributed by atoms with E-state index in [9.17, 15) is 4.79 Å². The molecule has 0 amide bonds. The van der Waals surface area contributed by atoms with Crippen LogP contribution in [0.5, 0.6) is 5.88 Å². The SMILES string of the molecule is CC=C1C2C=C(C)CC1(N=Cc1ccccc1)c1ccc(OC(=O)OCCC)nc1C2. The second kappa shape index (κ2) is 8.88. The van der Waals surface area contributed by atoms with Gasteiger partial charge in [0.2, 0.25) is 5.88 Å². The Hall–Kier alpha value is -3.21. The number of allylic oxidation sites excluding steroid dienone is 2. The first-order chi connectivity index (χ1) is 15.1. The molecule has 1 aromatic heterocycles. The summed E-state index contributed by atoms with van der Waals surface area (Å²) in [5.74, 6) is 0.499. The minimum atomic E-state index is -0.716. The molecule has 31 heavy (non-hydrogen) atoms. The van der Waals surface area contributed by atoms with Crippen LogP contribution in [0.4, 0.5) is 4.79 Å². The maximum atomic E-state index is 11.9. The average molecular weight is 417 g/mol. The number of aliphatic imine (C=N–C) groups is 1. The number of hydrogen-bond acceptors (Lipinski definition) is 5. The molecule has 0 radical (unpaired) electrons. The molecule has 0 aliphatic heterocycles. The van der Waals surface area contributed by atoms with Gasteiger partial charge in [0.25, 0.3) is 0 Å². The Kier molecular flexibility index (Phi) is 6.03. The van der Waals surface area contributed by atoms with Crippen LogP contribution in [-0.4, -0.2) is 24.0 Å². The first kappa shape index (κ1) is 21.0. The lowest BCUT2D eigenvalue weighted by atomic mass is 9.63. The van der Waals surface area contributed by atoms with Crippen LogP contribution in [0, 0.1) is 5.92 Å². The standard InChI is InChI=1S/C26H28N2O3/c1-4-13-30-25(29)31-24-12-11-22-23(28-24)15-20-14-18(3)16-26(22,21(20)5-2)27-17-19-9-7-6-8-10-19/h5-12,14,17,20H,4,13,15-16H2,1-3H3. The van der Waals surface area contributed by atoms with Crippen molar-refractivity contribution in [1.82, 2.24) is 4.98 Å². The Bertz CT molecular complexity index is 1060. The van der Waals surface area contributed by atoms with E-state index < -0.39 is 11.7 Å². The number of carbonyl (C=O) groups excluding carboxylic acids is 1. The number of ether oxygens (including phenoxy) is 2. The first-order valence-electron chi connectivity index (χ1n) is 10.8. The van der Waals surface area contributed by atoms with Gasteiger partial charge in [-0.3, -0.25) is 4.99 Å². The fourth-order valence-corrected chi connectivity index (χ4v) is 4.67. The highest BCUT2D eigenvalue weighted by Gasteiger charge is 2.46. The molecule has 160 valence electrons. The first-order valence-corrected chi connectivity index (χ1v) is 10.8. The van der Waals surface area contributed by atoms with Crippen LogP contribution >= 0.6 is 0 Å². The zero-order valence-corrected chi connectivity index (χ0v) is 18.3. The lowest BCUT2D eigenvalue weighted by Gasteiger charge is -2.45. The lowest BCUT2D eigenvalue weighted by molar-refractivity contribution is 0.0975. The van der Waals surface area contributed by atoms with E-state index >= 15 is 0 Å². The van der Waals surface area contributed by atoms with E-state index in [-0.39, 0.29) is 11.8 Å². The zero-order valence-electron chi connectivity index (χ0n) is 18.3. The monoisotopic (exact) mass is 416 g/mol. The fraction of sp³-hybridized carbons (Fsp3) is 0.346. The molecule has 5 heteroatoms. The number of fused-ring (bicyclic) bond motifs is 4. The van der Waals surface area contributed by atoms with Crippen molar-refractivity contribution in [1.29, 1.82) is 0 Å². The Morgan fingerprint density at radius 1 is 1.26 bits per heavy atom. The number of hydrogen-bond donors (Lipinski definition) is 0. The van der Waals surface area contributed by atoms with E-state index in [0.29, 0.717) is 6.61 Å². The number of benzene rings is 1. The van der Waals surface area contributed by atoms with Crippen molar-refractivity contribution < 1.29 is 14.3 Å². The molecule has 1 heterocycles. The topological polar surface area (TPSA) is 60.8 Å². The molecule has 0 fully saturated rings. The number of rotatable bonds is 5. The van der Waals surface area contributed by atoms with Crippen LogP contribution < -0.4 is 4.74 Å². The van der Waals surface area contributed by atoms with Crippen molar-refractivity contribution >= 4 is 12.4 Å². The molecule has 2 unspecified atom stereocenters. The van der Waals surface area contributed by atoms with Crippen LogP contribution in [0.2, 0.25) is 0 Å². The molecule has 0 saturated heterocycles. The van der Waals surface area contributed by atoms with Crippen molar-refractivity contribution in [3.8, 4) is 5.88 Å². The van der Waals surface area contributed by atoms with Gasteiger partial charge in [-0.1, -0.05) is 55.0 Å². The second-order valence-corrected chi connectivity index (χ2v) is 8.12. The van der Waals surface area contributed by atoms with E-state index in [1.807, 2.05) is 37.4 Å². The van der Waals surface area contributed by atoms with Crippen molar-refractivity contribution in [3.63, 3.8) is 0 Å². The van der Waals surface area contributed by atoms with Crippen molar-refractivity contribution in [2.75, 3.05) is 6.61 Å². The normalized spacial score (nSPS) is 23.4. The van der Waals surface area contributed by atoms with E-state index in [4.69, 9.17) is 14.5 Å². The summed E-state index contributed by atoms with van der Waals surface area (Å²) < 4.78 is 10.3. The maximum absolute atomic E-state index is 11.9. The molecule has 2 aliphatic rings. The van der Waals surface area contributed by atoms with Gasteiger partial charge in [-0.25, -0.2) is 9.78 Å². The summed E-state index contributed by atoms with van der Waals surface area (Å²) in [5.41, 5.74) is 5.20. The third-order valence-electron chi connectivity index (χ3n) is 5.86. The average Bonchev–Trinajstić information content (AvgIpc) is 2.76. The summed E-state index contributed by atoms with van der Waals surface area (Å²) in [6.45, 7) is 6.53. The van der Waals surface area contributed by atoms with E-state index in [2.05, 4.69) is 43.1 Å². The van der Waals surface area contributed by atoms with E-state index in [1.165, 1.54) is 11.1 Å². The van der Waals surface area contributed by atoms with Gasteiger partial charge in [0.15, 0.2) is 0 Å². The van der Waals surface area contributed by atoms with E-state index in [0.717, 1.165) is 36.1 Å². The van der Waals surface area contributed by atoms with E-state index in [1.54, 1.807) is 6.07 Å². The van der Waals surface area contributed by atoms with Crippen molar-refractivity contribution in [3.05, 3.63) is 82.6 Å². The predicted octanol–water partition coefficient (Wildman–Crippen LogP) is 5.79. The van der Waals surface area contributed by atoms with Crippen molar-refractivity contribution in [2.24, 2.45) is 10.9 Å². The molecule has 0 N–H and O–H groups in total. The molecule has 2 atom stereocenters. The highest BCUT2D eigenvalue weighted by Crippen LogP contribution is 2.52. The molecule has 5 nitrogen and oxygen atoms in total. The minimum absolute atomic E-state index is 0.231. The number of aromatic nitrogens is 1. The van der Waals surface area contributed by atoms with Crippen LogP contribution in [-0.2, 0) is 16.7 Å². The van der Waals surface area contributed by atoms with Crippen LogP contribution in [0.15, 0.2) is 70.8 Å². The number of carbonyl (C=O) groups is 1. The molecule has 2 aromatic rings. The number of nitrogens with zero attached hydrogens (tertiary/aromatic N) is 2. The summed E-state index contributed by atoms with van der Waals surface area (Å²) in [6, 6.07) is 13.9. The second-order valence-electron chi connectivity index (χ2n) is 8.12. The maximum Gasteiger partial charge on any atom is 0.515 e. The highest BCUT2D eigenvalue weighted by molar-refractivity contribution is 5.80. The largest absolute Gasteiger partial charge is 0.515 e. The van der Waals surface area contributed by atoms with Crippen LogP contribution in [0.1, 0.15) is 50.4 Å². The molecular formula is C26H28N2O3. The third kappa shape index (κ3) is 4.18. The quantitative estimate of drug-likeness (QED) is 0.352. The lowest BCUT2D eigenvalue weighted by Crippen LogP contribution is -2.40. The van der Waals surface area contributed by atoms with Gasteiger partial charge in [-0.15, -0.1) is 0 Å². The Morgan fingerprint density at radius 3 is 2.81 bits per heavy atom. The zero-order chi connectivity index (χ0) is 21.8. The van der Waals surface area contributed by atoms with Gasteiger partial charge >= 0.3 is 6.16 Å². The molecule has 4 rings (SSSR count). The van der Waals surface area contributed by atoms with Gasteiger partial charge in [0.1, 0.15) is 5.54 Å². The van der Waals surface area contributed by atoms with Gasteiger partial charge in [0.05, 0.1) is 12.3 Å². The number of pyridine rings is 1. The molecule has 1 aromatic carbocycles. The van der Waals surface area contributed by atoms with Crippen LogP contribution in [0.25, 0.3) is 0 Å². The van der Waals surface area contributed by atoms with Gasteiger partial charge < -0.3 is 9.47 Å². The molecular weight excluding hydrogens is 388 g/mol. The summed E-state index contributed by atoms with van der Waals surface area (Å²) in [7, 11) is 0. The summed E-state index contributed by atoms with van der Waals surface area (Å²) >= 11 is 0. The van der Waals surface area contributed by atoms with Gasteiger partial charge in [-0.05, 0) is 37.5 Å². The highest BCUT2D eigenvalue weighted by atomic mass is 16.7. The van der Waals surface area contributed by atoms with Gasteiger partial charge in [-0.2, -0.15) is 0 Å². The summed E-state index contributed by atoms with van der Waals surface area (Å²) in [5, 5.41) is 0. The van der Waals surface area contributed by atoms with Crippen molar-refractivity contribution in [2.45, 2.75) is 45.6 Å². The minimum Gasteiger partial charge on any atom is -0.434 e. The van der Waals surface area contributed by atoms with Gasteiger partial charge in [0, 0.05) is 36.6 Å². The molecule has 2 aliphatic carbocycles. The smallest absolute Gasteiger partial charge is 0.434 e. The summed E-state index contributed by atoms with van der Waals surface area (Å²) in [6.07, 6.45) is 8.07.